The van der Waals surface area contributed by atoms with E-state index in [4.69, 9.17) is 9.47 Å². The van der Waals surface area contributed by atoms with Gasteiger partial charge in [-0.2, -0.15) is 26.3 Å². The number of morpholine rings is 1. The minimum Gasteiger partial charge on any atom is -0.433 e. The van der Waals surface area contributed by atoms with Gasteiger partial charge >= 0.3 is 18.3 Å². The second kappa shape index (κ2) is 11.1. The first-order valence-corrected chi connectivity index (χ1v) is 11.5. The molecule has 3 aromatic rings. The Morgan fingerprint density at radius 3 is 2.05 bits per heavy atom. The maximum absolute atomic E-state index is 13.6. The minimum absolute atomic E-state index is 0.00883. The number of esters is 1. The van der Waals surface area contributed by atoms with Crippen molar-refractivity contribution in [2.45, 2.75) is 37.7 Å². The molecule has 1 heterocycles. The molecular formula is C27H22F7NO3. The van der Waals surface area contributed by atoms with E-state index < -0.39 is 59.6 Å². The van der Waals surface area contributed by atoms with Gasteiger partial charge in [-0.15, -0.1) is 0 Å². The quantitative estimate of drug-likeness (QED) is 0.262. The van der Waals surface area contributed by atoms with E-state index in [0.29, 0.717) is 30.8 Å². The van der Waals surface area contributed by atoms with Gasteiger partial charge in [-0.3, -0.25) is 9.69 Å². The Kier molecular flexibility index (Phi) is 8.08. The van der Waals surface area contributed by atoms with E-state index >= 15 is 0 Å². The van der Waals surface area contributed by atoms with Crippen LogP contribution in [0.1, 0.15) is 33.9 Å². The molecule has 0 aromatic heterocycles. The summed E-state index contributed by atoms with van der Waals surface area (Å²) in [4.78, 5) is 14.7. The predicted molar refractivity (Wildman–Crippen MR) is 122 cm³/mol. The molecule has 0 aliphatic carbocycles. The Morgan fingerprint density at radius 1 is 0.868 bits per heavy atom. The smallest absolute Gasteiger partial charge is 0.416 e. The fourth-order valence-corrected chi connectivity index (χ4v) is 4.27. The van der Waals surface area contributed by atoms with Crippen molar-refractivity contribution in [3.8, 4) is 0 Å². The third-order valence-electron chi connectivity index (χ3n) is 6.00. The Labute approximate surface area is 213 Å². The van der Waals surface area contributed by atoms with Gasteiger partial charge in [-0.05, 0) is 47.0 Å². The fraction of sp³-hybridized carbons (Fsp3) is 0.296. The van der Waals surface area contributed by atoms with Gasteiger partial charge in [0.15, 0.2) is 0 Å². The molecule has 0 amide bonds. The standard InChI is InChI=1S/C27H22F7NO3/c28-22-8-6-19(7-9-22)24-25(37-11-10-35(24)16-17-4-2-1-3-5-17)38-23(36)14-18-12-20(26(29,30)31)15-21(13-18)27(32,33)34/h1-9,12-13,15,24-25H,10-11,14,16H2/t24-,25-/m1/s1. The van der Waals surface area contributed by atoms with Crippen LogP contribution in [0.2, 0.25) is 0 Å². The lowest BCUT2D eigenvalue weighted by Crippen LogP contribution is -2.46. The maximum Gasteiger partial charge on any atom is 0.416 e. The van der Waals surface area contributed by atoms with Crippen molar-refractivity contribution >= 4 is 5.97 Å². The zero-order valence-electron chi connectivity index (χ0n) is 19.7. The second-order valence-corrected chi connectivity index (χ2v) is 8.77. The Balaban J connectivity index is 1.58. The van der Waals surface area contributed by atoms with E-state index in [1.54, 1.807) is 0 Å². The van der Waals surface area contributed by atoms with Crippen LogP contribution in [-0.2, 0) is 39.6 Å². The Bertz CT molecular complexity index is 1210. The van der Waals surface area contributed by atoms with Crippen molar-refractivity contribution in [1.29, 1.82) is 0 Å². The summed E-state index contributed by atoms with van der Waals surface area (Å²) in [6, 6.07) is 15.0. The lowest BCUT2D eigenvalue weighted by atomic mass is 10.0. The molecule has 4 rings (SSSR count). The summed E-state index contributed by atoms with van der Waals surface area (Å²) in [6.07, 6.45) is -12.2. The van der Waals surface area contributed by atoms with Crippen LogP contribution in [0, 0.1) is 5.82 Å². The van der Waals surface area contributed by atoms with E-state index in [9.17, 15) is 35.5 Å². The summed E-state index contributed by atoms with van der Waals surface area (Å²) in [5.41, 5.74) is -2.06. The second-order valence-electron chi connectivity index (χ2n) is 8.77. The molecule has 0 N–H and O–H groups in total. The van der Waals surface area contributed by atoms with E-state index in [0.717, 1.165) is 5.56 Å². The lowest BCUT2D eigenvalue weighted by Gasteiger charge is -2.40. The van der Waals surface area contributed by atoms with Crippen LogP contribution in [-0.4, -0.2) is 30.3 Å². The van der Waals surface area contributed by atoms with Crippen molar-refractivity contribution in [2.75, 3.05) is 13.2 Å². The average Bonchev–Trinajstić information content (AvgIpc) is 2.84. The highest BCUT2D eigenvalue weighted by Crippen LogP contribution is 2.37. The van der Waals surface area contributed by atoms with Crippen LogP contribution in [0.3, 0.4) is 0 Å². The molecule has 0 spiro atoms. The third kappa shape index (κ3) is 6.90. The number of benzene rings is 3. The summed E-state index contributed by atoms with van der Waals surface area (Å²) in [5.74, 6) is -1.56. The van der Waals surface area contributed by atoms with Gasteiger partial charge in [0.1, 0.15) is 5.82 Å². The summed E-state index contributed by atoms with van der Waals surface area (Å²) in [7, 11) is 0. The van der Waals surface area contributed by atoms with Gasteiger partial charge in [0.25, 0.3) is 0 Å². The average molecular weight is 541 g/mol. The summed E-state index contributed by atoms with van der Waals surface area (Å²) in [6.45, 7) is 0.987. The molecule has 0 unspecified atom stereocenters. The molecule has 1 fully saturated rings. The van der Waals surface area contributed by atoms with Gasteiger partial charge in [0.05, 0.1) is 30.2 Å². The number of halogens is 7. The Hall–Kier alpha value is -3.44. The first-order valence-electron chi connectivity index (χ1n) is 11.5. The highest BCUT2D eigenvalue weighted by atomic mass is 19.4. The largest absolute Gasteiger partial charge is 0.433 e. The van der Waals surface area contributed by atoms with Gasteiger partial charge in [-0.25, -0.2) is 4.39 Å². The third-order valence-corrected chi connectivity index (χ3v) is 6.00. The Morgan fingerprint density at radius 2 is 1.47 bits per heavy atom. The van der Waals surface area contributed by atoms with Gasteiger partial charge < -0.3 is 9.47 Å². The van der Waals surface area contributed by atoms with E-state index in [2.05, 4.69) is 0 Å². The van der Waals surface area contributed by atoms with Crippen LogP contribution in [0.5, 0.6) is 0 Å². The molecule has 0 radical (unpaired) electrons. The molecule has 4 nitrogen and oxygen atoms in total. The van der Waals surface area contributed by atoms with Crippen molar-refractivity contribution in [3.05, 3.63) is 106 Å². The molecular weight excluding hydrogens is 519 g/mol. The SMILES string of the molecule is O=C(Cc1cc(C(F)(F)F)cc(C(F)(F)F)c1)O[C@H]1OCCN(Cc2ccccc2)[C@@H]1c1ccc(F)cc1. The molecule has 38 heavy (non-hydrogen) atoms. The minimum atomic E-state index is -5.04. The number of ether oxygens (including phenoxy) is 2. The fourth-order valence-electron chi connectivity index (χ4n) is 4.27. The summed E-state index contributed by atoms with van der Waals surface area (Å²) < 4.78 is 104. The molecule has 1 aliphatic heterocycles. The van der Waals surface area contributed by atoms with Crippen molar-refractivity contribution in [3.63, 3.8) is 0 Å². The highest BCUT2D eigenvalue weighted by Gasteiger charge is 2.39. The topological polar surface area (TPSA) is 38.8 Å². The number of alkyl halides is 6. The van der Waals surface area contributed by atoms with E-state index in [1.807, 2.05) is 35.2 Å². The van der Waals surface area contributed by atoms with Gasteiger partial charge in [0.2, 0.25) is 6.29 Å². The number of nitrogens with zero attached hydrogens (tertiary/aromatic N) is 1. The molecule has 0 bridgehead atoms. The van der Waals surface area contributed by atoms with Crippen LogP contribution in [0.15, 0.2) is 72.8 Å². The van der Waals surface area contributed by atoms with E-state index in [1.165, 1.54) is 24.3 Å². The van der Waals surface area contributed by atoms with E-state index in [-0.39, 0.29) is 12.7 Å². The summed E-state index contributed by atoms with van der Waals surface area (Å²) in [5, 5.41) is 0. The number of hydrogen-bond donors (Lipinski definition) is 0. The first-order chi connectivity index (χ1) is 17.9. The van der Waals surface area contributed by atoms with Crippen molar-refractivity contribution in [1.82, 2.24) is 4.90 Å². The molecule has 1 aliphatic rings. The van der Waals surface area contributed by atoms with Crippen molar-refractivity contribution < 1.29 is 45.0 Å². The monoisotopic (exact) mass is 541 g/mol. The van der Waals surface area contributed by atoms with Crippen LogP contribution in [0.4, 0.5) is 30.7 Å². The van der Waals surface area contributed by atoms with Crippen molar-refractivity contribution in [2.24, 2.45) is 0 Å². The number of carbonyl (C=O) groups is 1. The summed E-state index contributed by atoms with van der Waals surface area (Å²) >= 11 is 0. The molecule has 11 heteroatoms. The molecule has 3 aromatic carbocycles. The normalized spacial score (nSPS) is 18.8. The molecule has 2 atom stereocenters. The van der Waals surface area contributed by atoms with Crippen LogP contribution < -0.4 is 0 Å². The maximum atomic E-state index is 13.6. The zero-order chi connectivity index (χ0) is 27.5. The van der Waals surface area contributed by atoms with Crippen LogP contribution >= 0.6 is 0 Å². The molecule has 1 saturated heterocycles. The highest BCUT2D eigenvalue weighted by molar-refractivity contribution is 5.73. The lowest BCUT2D eigenvalue weighted by molar-refractivity contribution is -0.214. The van der Waals surface area contributed by atoms with Gasteiger partial charge in [-0.1, -0.05) is 42.5 Å². The number of rotatable bonds is 6. The number of hydrogen-bond acceptors (Lipinski definition) is 4. The zero-order valence-corrected chi connectivity index (χ0v) is 19.7. The van der Waals surface area contributed by atoms with Gasteiger partial charge in [0, 0.05) is 13.1 Å². The van der Waals surface area contributed by atoms with Crippen LogP contribution in [0.25, 0.3) is 0 Å². The predicted octanol–water partition coefficient (Wildman–Crippen LogP) is 6.55. The molecule has 202 valence electrons. The molecule has 0 saturated carbocycles. The first kappa shape index (κ1) is 27.6. The number of carbonyl (C=O) groups excluding carboxylic acids is 1.